The number of hydrogen-bond donors (Lipinski definition) is 2. The Morgan fingerprint density at radius 3 is 2.29 bits per heavy atom. The molecule has 0 atom stereocenters. The average Bonchev–Trinajstić information content (AvgIpc) is 2.45. The molecule has 0 fully saturated rings. The second-order valence-electron chi connectivity index (χ2n) is 4.25. The van der Waals surface area contributed by atoms with Gasteiger partial charge in [0.15, 0.2) is 0 Å². The zero-order valence-electron chi connectivity index (χ0n) is 10.9. The summed E-state index contributed by atoms with van der Waals surface area (Å²) in [4.78, 5) is 24.2. The summed E-state index contributed by atoms with van der Waals surface area (Å²) in [6.07, 6.45) is 0. The lowest BCUT2D eigenvalue weighted by atomic mass is 10.1. The Morgan fingerprint density at radius 2 is 1.71 bits per heavy atom. The monoisotopic (exact) mass is 289 g/mol. The number of carbonyl (C=O) groups excluding carboxylic acids is 1. The van der Waals surface area contributed by atoms with Crippen LogP contribution in [0.4, 0.5) is 10.1 Å². The predicted molar refractivity (Wildman–Crippen MR) is 73.8 cm³/mol. The molecule has 0 spiro atoms. The molecule has 0 aliphatic rings. The Morgan fingerprint density at radius 1 is 1.05 bits per heavy atom. The second kappa shape index (κ2) is 6.04. The van der Waals surface area contributed by atoms with E-state index in [0.717, 1.165) is 11.0 Å². The van der Waals surface area contributed by atoms with E-state index < -0.39 is 35.6 Å². The largest absolute Gasteiger partial charge is 0.507 e. The van der Waals surface area contributed by atoms with Crippen molar-refractivity contribution in [2.24, 2.45) is 0 Å². The number of para-hydroxylation sites is 1. The van der Waals surface area contributed by atoms with Crippen molar-refractivity contribution >= 4 is 17.6 Å². The molecule has 0 bridgehead atoms. The molecule has 0 unspecified atom stereocenters. The van der Waals surface area contributed by atoms with Gasteiger partial charge in [-0.15, -0.1) is 0 Å². The van der Waals surface area contributed by atoms with Crippen LogP contribution < -0.4 is 4.90 Å². The highest BCUT2D eigenvalue weighted by atomic mass is 19.1. The standard InChI is InChI=1S/C15H12FNO4/c16-11-7-4-8-12(18)14(11)15(21)17(9-13(19)20)10-5-2-1-3-6-10/h1-8,18H,9H2,(H,19,20). The van der Waals surface area contributed by atoms with E-state index in [4.69, 9.17) is 5.11 Å². The molecular formula is C15H12FNO4. The number of carbonyl (C=O) groups is 2. The van der Waals surface area contributed by atoms with Crippen LogP contribution in [-0.4, -0.2) is 28.6 Å². The van der Waals surface area contributed by atoms with E-state index >= 15 is 0 Å². The first-order valence-electron chi connectivity index (χ1n) is 6.07. The lowest BCUT2D eigenvalue weighted by Gasteiger charge is -2.21. The van der Waals surface area contributed by atoms with Crippen LogP contribution in [0.5, 0.6) is 5.75 Å². The number of benzene rings is 2. The maximum Gasteiger partial charge on any atom is 0.323 e. The van der Waals surface area contributed by atoms with Gasteiger partial charge in [-0.2, -0.15) is 0 Å². The van der Waals surface area contributed by atoms with E-state index in [1.54, 1.807) is 18.2 Å². The summed E-state index contributed by atoms with van der Waals surface area (Å²) < 4.78 is 13.8. The van der Waals surface area contributed by atoms with Crippen molar-refractivity contribution < 1.29 is 24.2 Å². The van der Waals surface area contributed by atoms with Crippen LogP contribution in [0.1, 0.15) is 10.4 Å². The van der Waals surface area contributed by atoms with Crippen molar-refractivity contribution in [2.75, 3.05) is 11.4 Å². The molecule has 5 nitrogen and oxygen atoms in total. The Bertz CT molecular complexity index is 652. The van der Waals surface area contributed by atoms with E-state index in [1.807, 2.05) is 0 Å². The van der Waals surface area contributed by atoms with Crippen molar-refractivity contribution in [1.82, 2.24) is 0 Å². The van der Waals surface area contributed by atoms with Crippen molar-refractivity contribution in [2.45, 2.75) is 0 Å². The minimum absolute atomic E-state index is 0.299. The summed E-state index contributed by atoms with van der Waals surface area (Å²) in [5, 5.41) is 18.6. The summed E-state index contributed by atoms with van der Waals surface area (Å²) >= 11 is 0. The van der Waals surface area contributed by atoms with Gasteiger partial charge in [-0.05, 0) is 24.3 Å². The van der Waals surface area contributed by atoms with E-state index in [0.29, 0.717) is 5.69 Å². The van der Waals surface area contributed by atoms with Gasteiger partial charge in [0.05, 0.1) is 0 Å². The van der Waals surface area contributed by atoms with Crippen LogP contribution in [-0.2, 0) is 4.79 Å². The van der Waals surface area contributed by atoms with Gasteiger partial charge in [0.2, 0.25) is 0 Å². The zero-order chi connectivity index (χ0) is 15.4. The number of aliphatic carboxylic acids is 1. The Hall–Kier alpha value is -2.89. The first-order valence-corrected chi connectivity index (χ1v) is 6.07. The van der Waals surface area contributed by atoms with Gasteiger partial charge in [-0.25, -0.2) is 4.39 Å². The SMILES string of the molecule is O=C(O)CN(C(=O)c1c(O)cccc1F)c1ccccc1. The summed E-state index contributed by atoms with van der Waals surface area (Å²) in [6.45, 7) is -0.642. The normalized spacial score (nSPS) is 10.1. The Kier molecular flexibility index (Phi) is 4.18. The molecule has 0 heterocycles. The van der Waals surface area contributed by atoms with Gasteiger partial charge < -0.3 is 10.2 Å². The number of halogens is 1. The summed E-state index contributed by atoms with van der Waals surface area (Å²) in [5.41, 5.74) is -0.254. The summed E-state index contributed by atoms with van der Waals surface area (Å²) in [6, 6.07) is 11.4. The number of phenols is 1. The fourth-order valence-corrected chi connectivity index (χ4v) is 1.88. The number of rotatable bonds is 4. The number of carboxylic acid groups (broad SMARTS) is 1. The third kappa shape index (κ3) is 3.17. The van der Waals surface area contributed by atoms with Crippen molar-refractivity contribution in [3.8, 4) is 5.75 Å². The molecule has 2 aromatic carbocycles. The second-order valence-corrected chi connectivity index (χ2v) is 4.25. The first kappa shape index (κ1) is 14.5. The molecule has 2 aromatic rings. The molecule has 2 rings (SSSR count). The first-order chi connectivity index (χ1) is 10.0. The van der Waals surface area contributed by atoms with Gasteiger partial charge in [-0.1, -0.05) is 24.3 Å². The number of carboxylic acids is 1. The third-order valence-corrected chi connectivity index (χ3v) is 2.81. The smallest absolute Gasteiger partial charge is 0.323 e. The van der Waals surface area contributed by atoms with Crippen LogP contribution in [0.15, 0.2) is 48.5 Å². The van der Waals surface area contributed by atoms with E-state index in [2.05, 4.69) is 0 Å². The molecule has 0 aliphatic carbocycles. The quantitative estimate of drug-likeness (QED) is 0.905. The van der Waals surface area contributed by atoms with Gasteiger partial charge >= 0.3 is 5.97 Å². The lowest BCUT2D eigenvalue weighted by molar-refractivity contribution is -0.135. The minimum atomic E-state index is -1.25. The number of phenolic OH excluding ortho intramolecular Hbond substituents is 1. The van der Waals surface area contributed by atoms with Gasteiger partial charge in [0.1, 0.15) is 23.7 Å². The lowest BCUT2D eigenvalue weighted by Crippen LogP contribution is -2.36. The molecule has 108 valence electrons. The molecular weight excluding hydrogens is 277 g/mol. The zero-order valence-corrected chi connectivity index (χ0v) is 10.9. The molecule has 0 radical (unpaired) electrons. The molecule has 2 N–H and O–H groups in total. The number of aromatic hydroxyl groups is 1. The summed E-state index contributed by atoms with van der Waals surface area (Å²) in [7, 11) is 0. The van der Waals surface area contributed by atoms with Crippen LogP contribution in [0.3, 0.4) is 0 Å². The van der Waals surface area contributed by atoms with Crippen LogP contribution in [0.2, 0.25) is 0 Å². The highest BCUT2D eigenvalue weighted by Gasteiger charge is 2.25. The average molecular weight is 289 g/mol. The van der Waals surface area contributed by atoms with Crippen molar-refractivity contribution in [1.29, 1.82) is 0 Å². The number of hydrogen-bond acceptors (Lipinski definition) is 3. The van der Waals surface area contributed by atoms with Crippen molar-refractivity contribution in [3.05, 3.63) is 59.9 Å². The maximum absolute atomic E-state index is 13.8. The molecule has 0 aromatic heterocycles. The number of nitrogens with zero attached hydrogens (tertiary/aromatic N) is 1. The molecule has 0 saturated heterocycles. The van der Waals surface area contributed by atoms with Gasteiger partial charge in [0.25, 0.3) is 5.91 Å². The fraction of sp³-hybridized carbons (Fsp3) is 0.0667. The minimum Gasteiger partial charge on any atom is -0.507 e. The molecule has 6 heteroatoms. The fourth-order valence-electron chi connectivity index (χ4n) is 1.88. The van der Waals surface area contributed by atoms with E-state index in [1.165, 1.54) is 24.3 Å². The van der Waals surface area contributed by atoms with E-state index in [-0.39, 0.29) is 0 Å². The highest BCUT2D eigenvalue weighted by Crippen LogP contribution is 2.24. The topological polar surface area (TPSA) is 77.8 Å². The van der Waals surface area contributed by atoms with E-state index in [9.17, 15) is 19.1 Å². The number of amides is 1. The Labute approximate surface area is 119 Å². The molecule has 0 aliphatic heterocycles. The highest BCUT2D eigenvalue weighted by molar-refractivity contribution is 6.09. The molecule has 1 amide bonds. The van der Waals surface area contributed by atoms with Crippen LogP contribution >= 0.6 is 0 Å². The third-order valence-electron chi connectivity index (χ3n) is 2.81. The van der Waals surface area contributed by atoms with Crippen LogP contribution in [0.25, 0.3) is 0 Å². The Balaban J connectivity index is 2.46. The summed E-state index contributed by atoms with van der Waals surface area (Å²) in [5.74, 6) is -3.61. The molecule has 21 heavy (non-hydrogen) atoms. The maximum atomic E-state index is 13.8. The molecule has 0 saturated carbocycles. The number of anilines is 1. The van der Waals surface area contributed by atoms with Gasteiger partial charge in [-0.3, -0.25) is 14.5 Å². The van der Waals surface area contributed by atoms with Gasteiger partial charge in [0, 0.05) is 5.69 Å². The van der Waals surface area contributed by atoms with Crippen molar-refractivity contribution in [3.63, 3.8) is 0 Å². The predicted octanol–water partition coefficient (Wildman–Crippen LogP) is 2.26. The van der Waals surface area contributed by atoms with Crippen LogP contribution in [0, 0.1) is 5.82 Å².